The second-order valence-corrected chi connectivity index (χ2v) is 11.6. The van der Waals surface area contributed by atoms with Crippen LogP contribution in [0.25, 0.3) is 0 Å². The van der Waals surface area contributed by atoms with Gasteiger partial charge in [0.05, 0.1) is 16.2 Å². The number of hydrogen-bond donors (Lipinski definition) is 2. The van der Waals surface area contributed by atoms with E-state index in [9.17, 15) is 17.9 Å². The molecule has 0 aromatic heterocycles. The molecule has 1 heterocycles. The number of hydrazone groups is 1. The number of piperidine rings is 1. The maximum atomic E-state index is 13.5. The Bertz CT molecular complexity index is 1320. The van der Waals surface area contributed by atoms with E-state index in [0.29, 0.717) is 35.6 Å². The van der Waals surface area contributed by atoms with Gasteiger partial charge in [-0.2, -0.15) is 18.4 Å². The minimum absolute atomic E-state index is 0.127. The largest absolute Gasteiger partial charge is 0.385 e. The first-order valence-electron chi connectivity index (χ1n) is 12.3. The van der Waals surface area contributed by atoms with Gasteiger partial charge in [0.25, 0.3) is 10.0 Å². The molecule has 9 heteroatoms. The highest BCUT2D eigenvalue weighted by molar-refractivity contribution is 7.89. The Morgan fingerprint density at radius 1 is 1.03 bits per heavy atom. The molecule has 0 saturated carbocycles. The predicted molar refractivity (Wildman–Crippen MR) is 145 cm³/mol. The second-order valence-electron chi connectivity index (χ2n) is 9.46. The van der Waals surface area contributed by atoms with Crippen LogP contribution in [0.4, 0.5) is 4.39 Å². The fourth-order valence-electron chi connectivity index (χ4n) is 4.46. The number of benzene rings is 3. The molecule has 3 aromatic carbocycles. The Balaban J connectivity index is 1.38. The SMILES string of the molecule is Cc1ccc(S(=O)(=O)N/N=C(/CCCN2CCC(O)(c3ccc(Cl)cc3)CC2)c2ccc(F)cc2)cc1. The molecule has 4 rings (SSSR count). The summed E-state index contributed by atoms with van der Waals surface area (Å²) in [5.74, 6) is -0.371. The van der Waals surface area contributed by atoms with Gasteiger partial charge in [0, 0.05) is 18.1 Å². The minimum Gasteiger partial charge on any atom is -0.385 e. The Hall–Kier alpha value is -2.78. The number of hydrogen-bond acceptors (Lipinski definition) is 5. The molecule has 6 nitrogen and oxygen atoms in total. The van der Waals surface area contributed by atoms with Crippen LogP contribution in [0, 0.1) is 12.7 Å². The monoisotopic (exact) mass is 543 g/mol. The van der Waals surface area contributed by atoms with Crippen LogP contribution >= 0.6 is 11.6 Å². The first-order valence-corrected chi connectivity index (χ1v) is 14.1. The zero-order valence-electron chi connectivity index (χ0n) is 20.7. The van der Waals surface area contributed by atoms with E-state index in [1.54, 1.807) is 36.4 Å². The molecule has 1 saturated heterocycles. The van der Waals surface area contributed by atoms with E-state index < -0.39 is 15.6 Å². The molecule has 1 aliphatic heterocycles. The van der Waals surface area contributed by atoms with Crippen molar-refractivity contribution >= 4 is 27.3 Å². The van der Waals surface area contributed by atoms with Crippen LogP contribution in [0.3, 0.4) is 0 Å². The van der Waals surface area contributed by atoms with Crippen molar-refractivity contribution in [2.75, 3.05) is 19.6 Å². The lowest BCUT2D eigenvalue weighted by Gasteiger charge is -2.38. The molecule has 196 valence electrons. The summed E-state index contributed by atoms with van der Waals surface area (Å²) in [5.41, 5.74) is 2.16. The summed E-state index contributed by atoms with van der Waals surface area (Å²) in [5, 5.41) is 16.0. The molecule has 2 N–H and O–H groups in total. The normalized spacial score (nSPS) is 16.5. The van der Waals surface area contributed by atoms with E-state index in [0.717, 1.165) is 37.2 Å². The van der Waals surface area contributed by atoms with Gasteiger partial charge >= 0.3 is 0 Å². The lowest BCUT2D eigenvalue weighted by molar-refractivity contribution is -0.0259. The summed E-state index contributed by atoms with van der Waals surface area (Å²) in [6, 6.07) is 19.7. The number of aryl methyl sites for hydroxylation is 1. The lowest BCUT2D eigenvalue weighted by atomic mass is 9.84. The zero-order chi connectivity index (χ0) is 26.5. The van der Waals surface area contributed by atoms with Crippen molar-refractivity contribution in [1.29, 1.82) is 0 Å². The summed E-state index contributed by atoms with van der Waals surface area (Å²) in [6.45, 7) is 4.13. The maximum absolute atomic E-state index is 13.5. The average molecular weight is 544 g/mol. The summed E-state index contributed by atoms with van der Waals surface area (Å²) in [6.07, 6.45) is 2.45. The molecule has 0 amide bonds. The third-order valence-electron chi connectivity index (χ3n) is 6.76. The molecule has 1 aliphatic rings. The molecule has 0 aliphatic carbocycles. The highest BCUT2D eigenvalue weighted by Crippen LogP contribution is 2.33. The average Bonchev–Trinajstić information content (AvgIpc) is 2.88. The zero-order valence-corrected chi connectivity index (χ0v) is 22.3. The van der Waals surface area contributed by atoms with Crippen molar-refractivity contribution in [2.45, 2.75) is 43.1 Å². The number of halogens is 2. The van der Waals surface area contributed by atoms with Crippen LogP contribution in [0.15, 0.2) is 82.8 Å². The van der Waals surface area contributed by atoms with Crippen LogP contribution in [0.2, 0.25) is 5.02 Å². The van der Waals surface area contributed by atoms with Crippen LogP contribution in [0.5, 0.6) is 0 Å². The number of nitrogens with zero attached hydrogens (tertiary/aromatic N) is 2. The smallest absolute Gasteiger partial charge is 0.276 e. The third kappa shape index (κ3) is 7.17. The van der Waals surface area contributed by atoms with E-state index in [1.165, 1.54) is 24.3 Å². The van der Waals surface area contributed by atoms with Gasteiger partial charge in [-0.05, 0) is 86.7 Å². The van der Waals surface area contributed by atoms with E-state index >= 15 is 0 Å². The third-order valence-corrected chi connectivity index (χ3v) is 8.24. The molecule has 0 spiro atoms. The highest BCUT2D eigenvalue weighted by atomic mass is 35.5. The molecule has 0 unspecified atom stereocenters. The maximum Gasteiger partial charge on any atom is 0.276 e. The molecular weight excluding hydrogens is 513 g/mol. The molecule has 0 bridgehead atoms. The molecule has 37 heavy (non-hydrogen) atoms. The van der Waals surface area contributed by atoms with Gasteiger partial charge in [0.1, 0.15) is 5.82 Å². The van der Waals surface area contributed by atoms with Gasteiger partial charge in [-0.15, -0.1) is 0 Å². The van der Waals surface area contributed by atoms with Crippen LogP contribution in [-0.4, -0.2) is 43.8 Å². The summed E-state index contributed by atoms with van der Waals surface area (Å²) in [4.78, 5) is 4.75. The van der Waals surface area contributed by atoms with Crippen molar-refractivity contribution < 1.29 is 17.9 Å². The Morgan fingerprint density at radius 3 is 2.27 bits per heavy atom. The van der Waals surface area contributed by atoms with Gasteiger partial charge in [0.2, 0.25) is 0 Å². The Morgan fingerprint density at radius 2 is 1.65 bits per heavy atom. The van der Waals surface area contributed by atoms with E-state index in [2.05, 4.69) is 14.8 Å². The van der Waals surface area contributed by atoms with Crippen molar-refractivity contribution in [3.8, 4) is 0 Å². The molecular formula is C28H31ClFN3O3S. The standard InChI is InChI=1S/C28H31ClFN3O3S/c1-21-4-14-26(15-5-21)37(35,36)32-31-27(22-6-12-25(30)13-7-22)3-2-18-33-19-16-28(34,17-20-33)23-8-10-24(29)11-9-23/h4-15,32,34H,2-3,16-20H2,1H3/b31-27-. The second kappa shape index (κ2) is 11.7. The number of nitrogens with one attached hydrogen (secondary N) is 1. The summed E-state index contributed by atoms with van der Waals surface area (Å²) < 4.78 is 39.0. The number of rotatable bonds is 9. The number of likely N-dealkylation sites (tertiary alicyclic amines) is 1. The van der Waals surface area contributed by atoms with Crippen LogP contribution in [0.1, 0.15) is 42.4 Å². The lowest BCUT2D eigenvalue weighted by Crippen LogP contribution is -2.42. The van der Waals surface area contributed by atoms with Crippen LogP contribution < -0.4 is 4.83 Å². The van der Waals surface area contributed by atoms with Crippen molar-refractivity contribution in [2.24, 2.45) is 5.10 Å². The van der Waals surface area contributed by atoms with Gasteiger partial charge in [0.15, 0.2) is 0 Å². The van der Waals surface area contributed by atoms with Gasteiger partial charge < -0.3 is 10.0 Å². The minimum atomic E-state index is -3.83. The Kier molecular flexibility index (Phi) is 8.64. The summed E-state index contributed by atoms with van der Waals surface area (Å²) >= 11 is 5.98. The molecule has 0 radical (unpaired) electrons. The molecule has 3 aromatic rings. The molecule has 1 fully saturated rings. The quantitative estimate of drug-likeness (QED) is 0.286. The Labute approximate surface area is 222 Å². The van der Waals surface area contributed by atoms with Gasteiger partial charge in [-0.3, -0.25) is 0 Å². The highest BCUT2D eigenvalue weighted by Gasteiger charge is 2.33. The number of sulfonamides is 1. The summed E-state index contributed by atoms with van der Waals surface area (Å²) in [7, 11) is -3.83. The van der Waals surface area contributed by atoms with Crippen LogP contribution in [-0.2, 0) is 15.6 Å². The fraction of sp³-hybridized carbons (Fsp3) is 0.321. The first-order chi connectivity index (χ1) is 17.6. The first kappa shape index (κ1) is 27.3. The van der Waals surface area contributed by atoms with E-state index in [4.69, 9.17) is 11.6 Å². The molecule has 0 atom stereocenters. The van der Waals surface area contributed by atoms with Gasteiger partial charge in [-0.25, -0.2) is 4.39 Å². The van der Waals surface area contributed by atoms with Gasteiger partial charge in [-0.1, -0.05) is 53.6 Å². The van der Waals surface area contributed by atoms with E-state index in [-0.39, 0.29) is 10.7 Å². The van der Waals surface area contributed by atoms with E-state index in [1.807, 2.05) is 19.1 Å². The topological polar surface area (TPSA) is 82.0 Å². The van der Waals surface area contributed by atoms with Crippen molar-refractivity contribution in [3.05, 3.63) is 100 Å². The predicted octanol–water partition coefficient (Wildman–Crippen LogP) is 5.23. The fourth-order valence-corrected chi connectivity index (χ4v) is 5.41. The van der Waals surface area contributed by atoms with Crippen molar-refractivity contribution in [3.63, 3.8) is 0 Å². The van der Waals surface area contributed by atoms with Crippen molar-refractivity contribution in [1.82, 2.24) is 9.73 Å². The number of aliphatic hydroxyl groups is 1.